The van der Waals surface area contributed by atoms with E-state index in [1.807, 2.05) is 24.3 Å². The first kappa shape index (κ1) is 19.6. The van der Waals surface area contributed by atoms with Crippen LogP contribution in [0.15, 0.2) is 36.5 Å². The number of carbonyl (C=O) groups is 2. The van der Waals surface area contributed by atoms with E-state index in [-0.39, 0.29) is 25.0 Å². The number of hydrogen-bond donors (Lipinski definition) is 1. The van der Waals surface area contributed by atoms with Gasteiger partial charge in [-0.25, -0.2) is 0 Å². The maximum Gasteiger partial charge on any atom is 0.255 e. The molecule has 0 radical (unpaired) electrons. The van der Waals surface area contributed by atoms with Crippen LogP contribution in [0.2, 0.25) is 0 Å². The summed E-state index contributed by atoms with van der Waals surface area (Å²) in [5.41, 5.74) is 1.66. The summed E-state index contributed by atoms with van der Waals surface area (Å²) < 4.78 is 1.52. The molecule has 0 spiro atoms. The average Bonchev–Trinajstić information content (AvgIpc) is 3.31. The van der Waals surface area contributed by atoms with Gasteiger partial charge in [0.25, 0.3) is 5.91 Å². The lowest BCUT2D eigenvalue weighted by molar-refractivity contribution is -0.370. The summed E-state index contributed by atoms with van der Waals surface area (Å²) >= 11 is 0. The molecule has 0 saturated heterocycles. The number of rotatable bonds is 7. The molecule has 29 heavy (non-hydrogen) atoms. The van der Waals surface area contributed by atoms with Crippen LogP contribution in [0.25, 0.3) is 0 Å². The topological polar surface area (TPSA) is 90.3 Å². The minimum atomic E-state index is -0.525. The smallest absolute Gasteiger partial charge is 0.255 e. The van der Waals surface area contributed by atoms with E-state index in [1.165, 1.54) is 23.9 Å². The quantitative estimate of drug-likeness (QED) is 0.778. The average molecular weight is 395 g/mol. The van der Waals surface area contributed by atoms with Crippen molar-refractivity contribution in [1.82, 2.24) is 14.7 Å². The second-order valence-corrected chi connectivity index (χ2v) is 8.00. The zero-order valence-corrected chi connectivity index (χ0v) is 16.5. The van der Waals surface area contributed by atoms with Crippen molar-refractivity contribution in [2.45, 2.75) is 57.7 Å². The fourth-order valence-electron chi connectivity index (χ4n) is 4.50. The third-order valence-corrected chi connectivity index (χ3v) is 6.02. The molecule has 0 bridgehead atoms. The number of carbonyl (C=O) groups excluding carboxylic acids is 2. The van der Waals surface area contributed by atoms with Gasteiger partial charge in [-0.3, -0.25) is 14.3 Å². The van der Waals surface area contributed by atoms with E-state index in [9.17, 15) is 14.7 Å². The van der Waals surface area contributed by atoms with Crippen molar-refractivity contribution < 1.29 is 14.7 Å². The molecule has 2 heterocycles. The van der Waals surface area contributed by atoms with Gasteiger partial charge in [-0.05, 0) is 24.0 Å². The molecule has 4 rings (SSSR count). The molecule has 154 valence electrons. The fourth-order valence-corrected chi connectivity index (χ4v) is 4.50. The van der Waals surface area contributed by atoms with Crippen LogP contribution in [0.5, 0.6) is 0 Å². The first-order valence-electron chi connectivity index (χ1n) is 10.5. The summed E-state index contributed by atoms with van der Waals surface area (Å²) in [6.45, 7) is 0.464. The highest BCUT2D eigenvalue weighted by atomic mass is 16.3. The van der Waals surface area contributed by atoms with Crippen LogP contribution in [0.4, 0.5) is 5.82 Å². The lowest BCUT2D eigenvalue weighted by Crippen LogP contribution is -2.45. The normalized spacial score (nSPS) is 18.0. The highest BCUT2D eigenvalue weighted by molar-refractivity contribution is 6.03. The molecule has 7 nitrogen and oxygen atoms in total. The second-order valence-electron chi connectivity index (χ2n) is 8.00. The van der Waals surface area contributed by atoms with Gasteiger partial charge >= 0.3 is 0 Å². The molecule has 1 aromatic carbocycles. The van der Waals surface area contributed by atoms with Crippen molar-refractivity contribution in [3.63, 3.8) is 0 Å². The molecule has 1 atom stereocenters. The third-order valence-electron chi connectivity index (χ3n) is 6.02. The number of nitrogens with one attached hydrogen (secondary N) is 1. The van der Waals surface area contributed by atoms with Gasteiger partial charge < -0.3 is 15.3 Å². The lowest BCUT2D eigenvalue weighted by Gasteiger charge is -2.31. The van der Waals surface area contributed by atoms with Crippen molar-refractivity contribution in [1.29, 1.82) is 0 Å². The summed E-state index contributed by atoms with van der Waals surface area (Å²) in [6.07, 6.45) is 8.19. The number of benzene rings is 1. The van der Waals surface area contributed by atoms with Crippen LogP contribution in [0.3, 0.4) is 0 Å². The molecular weight excluding hydrogens is 368 g/mol. The molecule has 1 aromatic heterocycles. The zero-order valence-electron chi connectivity index (χ0n) is 16.5. The van der Waals surface area contributed by atoms with E-state index in [0.29, 0.717) is 30.3 Å². The van der Waals surface area contributed by atoms with Crippen molar-refractivity contribution in [2.24, 2.45) is 5.92 Å². The molecule has 1 saturated carbocycles. The molecule has 2 aromatic rings. The molecule has 1 N–H and O–H groups in total. The SMILES string of the molecule is O=C(Nc1ccn(CC[O-])n1)[C@H](CC1CCCCC1)N1Cc2ccccc2C1=O. The minimum Gasteiger partial charge on any atom is -0.853 e. The Labute approximate surface area is 170 Å². The standard InChI is InChI=1S/C22H27N4O3/c27-13-12-25-11-10-20(24-25)23-21(28)19(14-16-6-2-1-3-7-16)26-15-17-8-4-5-9-18(17)22(26)29/h4-5,8-11,16,19H,1-3,6-7,12-15H2,(H,23,24,28)/q-1/t19-/m0/s1. The predicted molar refractivity (Wildman–Crippen MR) is 107 cm³/mol. The Bertz CT molecular complexity index is 872. The van der Waals surface area contributed by atoms with Crippen LogP contribution in [0, 0.1) is 5.92 Å². The van der Waals surface area contributed by atoms with E-state index >= 15 is 0 Å². The summed E-state index contributed by atoms with van der Waals surface area (Å²) in [7, 11) is 0. The van der Waals surface area contributed by atoms with E-state index in [1.54, 1.807) is 17.2 Å². The Morgan fingerprint density at radius 2 is 2.00 bits per heavy atom. The third kappa shape index (κ3) is 4.34. The first-order chi connectivity index (χ1) is 14.2. The van der Waals surface area contributed by atoms with Gasteiger partial charge in [0.2, 0.25) is 5.91 Å². The van der Waals surface area contributed by atoms with Gasteiger partial charge in [-0.2, -0.15) is 5.10 Å². The fraction of sp³-hybridized carbons (Fsp3) is 0.500. The highest BCUT2D eigenvalue weighted by Gasteiger charge is 2.37. The minimum absolute atomic E-state index is 0.0755. The Kier molecular flexibility index (Phi) is 5.94. The van der Waals surface area contributed by atoms with Gasteiger partial charge in [0.05, 0.1) is 0 Å². The van der Waals surface area contributed by atoms with Crippen molar-refractivity contribution in [3.8, 4) is 0 Å². The predicted octanol–water partition coefficient (Wildman–Crippen LogP) is 2.18. The maximum absolute atomic E-state index is 13.2. The Balaban J connectivity index is 1.53. The number of aromatic nitrogens is 2. The van der Waals surface area contributed by atoms with Crippen molar-refractivity contribution in [3.05, 3.63) is 47.7 Å². The zero-order chi connectivity index (χ0) is 20.2. The van der Waals surface area contributed by atoms with E-state index in [4.69, 9.17) is 0 Å². The molecule has 7 heteroatoms. The summed E-state index contributed by atoms with van der Waals surface area (Å²) in [5.74, 6) is 0.591. The van der Waals surface area contributed by atoms with Crippen molar-refractivity contribution in [2.75, 3.05) is 11.9 Å². The van der Waals surface area contributed by atoms with E-state index in [2.05, 4.69) is 10.4 Å². The number of nitrogens with zero attached hydrogens (tertiary/aromatic N) is 3. The number of hydrogen-bond acceptors (Lipinski definition) is 4. The molecule has 2 amide bonds. The van der Waals surface area contributed by atoms with Gasteiger partial charge in [0, 0.05) is 30.9 Å². The van der Waals surface area contributed by atoms with Crippen molar-refractivity contribution >= 4 is 17.6 Å². The number of amides is 2. The maximum atomic E-state index is 13.2. The number of fused-ring (bicyclic) bond motifs is 1. The summed E-state index contributed by atoms with van der Waals surface area (Å²) in [5, 5.41) is 17.9. The Hall–Kier alpha value is -2.67. The van der Waals surface area contributed by atoms with Crippen LogP contribution in [-0.2, 0) is 17.9 Å². The Morgan fingerprint density at radius 1 is 1.21 bits per heavy atom. The Morgan fingerprint density at radius 3 is 2.76 bits per heavy atom. The van der Waals surface area contributed by atoms with Crippen LogP contribution >= 0.6 is 0 Å². The van der Waals surface area contributed by atoms with Gasteiger partial charge in [0.15, 0.2) is 5.82 Å². The molecule has 0 unspecified atom stereocenters. The molecule has 1 aliphatic carbocycles. The van der Waals surface area contributed by atoms with Crippen LogP contribution in [-0.4, -0.2) is 39.1 Å². The first-order valence-corrected chi connectivity index (χ1v) is 10.5. The lowest BCUT2D eigenvalue weighted by atomic mass is 9.84. The number of anilines is 1. The summed E-state index contributed by atoms with van der Waals surface area (Å²) in [6, 6.07) is 8.73. The molecule has 1 fully saturated rings. The molecule has 2 aliphatic rings. The molecular formula is C22H27N4O3-. The highest BCUT2D eigenvalue weighted by Crippen LogP contribution is 2.32. The van der Waals surface area contributed by atoms with Gasteiger partial charge in [-0.15, -0.1) is 6.61 Å². The summed E-state index contributed by atoms with van der Waals surface area (Å²) in [4.78, 5) is 28.0. The van der Waals surface area contributed by atoms with Crippen LogP contribution < -0.4 is 10.4 Å². The second kappa shape index (κ2) is 8.78. The molecule has 1 aliphatic heterocycles. The van der Waals surface area contributed by atoms with E-state index in [0.717, 1.165) is 18.4 Å². The van der Waals surface area contributed by atoms with Gasteiger partial charge in [0.1, 0.15) is 6.04 Å². The monoisotopic (exact) mass is 395 g/mol. The van der Waals surface area contributed by atoms with E-state index < -0.39 is 6.04 Å². The largest absolute Gasteiger partial charge is 0.853 e. The van der Waals surface area contributed by atoms with Gasteiger partial charge in [-0.1, -0.05) is 50.3 Å². The van der Waals surface area contributed by atoms with Crippen LogP contribution in [0.1, 0.15) is 54.4 Å².